The summed E-state index contributed by atoms with van der Waals surface area (Å²) in [4.78, 5) is 38.2. The summed E-state index contributed by atoms with van der Waals surface area (Å²) in [6, 6.07) is 4.68. The summed E-state index contributed by atoms with van der Waals surface area (Å²) in [5.41, 5.74) is 9.36. The number of hydrogen-bond donors (Lipinski definition) is 2. The van der Waals surface area contributed by atoms with E-state index < -0.39 is 36.0 Å². The molecule has 3 atom stereocenters. The van der Waals surface area contributed by atoms with E-state index in [-0.39, 0.29) is 25.6 Å². The molecule has 0 spiro atoms. The Bertz CT molecular complexity index is 791. The molecular formula is C20H28N4O7. The van der Waals surface area contributed by atoms with Crippen LogP contribution in [0.2, 0.25) is 0 Å². The van der Waals surface area contributed by atoms with E-state index in [1.54, 1.807) is 38.1 Å². The molecule has 0 aliphatic rings. The Morgan fingerprint density at radius 3 is 2.35 bits per heavy atom. The van der Waals surface area contributed by atoms with Crippen LogP contribution >= 0.6 is 0 Å². The maximum Gasteiger partial charge on any atom is 0.328 e. The Morgan fingerprint density at radius 2 is 1.87 bits per heavy atom. The first-order valence-electron chi connectivity index (χ1n) is 9.64. The van der Waals surface area contributed by atoms with E-state index in [0.29, 0.717) is 11.3 Å². The monoisotopic (exact) mass is 436 g/mol. The first-order valence-corrected chi connectivity index (χ1v) is 9.64. The van der Waals surface area contributed by atoms with Gasteiger partial charge in [0.1, 0.15) is 24.4 Å². The van der Waals surface area contributed by atoms with Crippen molar-refractivity contribution in [2.45, 2.75) is 45.4 Å². The van der Waals surface area contributed by atoms with Gasteiger partial charge in [0.25, 0.3) is 0 Å². The molecule has 0 heterocycles. The van der Waals surface area contributed by atoms with E-state index in [1.165, 1.54) is 14.0 Å². The number of carbonyl (C=O) groups is 3. The highest BCUT2D eigenvalue weighted by Gasteiger charge is 2.27. The smallest absolute Gasteiger partial charge is 0.328 e. The van der Waals surface area contributed by atoms with Gasteiger partial charge in [-0.05, 0) is 29.1 Å². The molecule has 2 N–H and O–H groups in total. The van der Waals surface area contributed by atoms with Gasteiger partial charge in [-0.1, -0.05) is 31.1 Å². The van der Waals surface area contributed by atoms with Crippen LogP contribution < -0.4 is 10.1 Å². The van der Waals surface area contributed by atoms with Crippen molar-refractivity contribution in [2.75, 3.05) is 20.3 Å². The van der Waals surface area contributed by atoms with Crippen LogP contribution in [0.15, 0.2) is 29.4 Å². The number of methoxy groups -OCH3 is 1. The van der Waals surface area contributed by atoms with Crippen LogP contribution in [0.5, 0.6) is 5.75 Å². The highest BCUT2D eigenvalue weighted by atomic mass is 16.6. The van der Waals surface area contributed by atoms with Crippen molar-refractivity contribution < 1.29 is 33.7 Å². The van der Waals surface area contributed by atoms with E-state index >= 15 is 0 Å². The molecule has 31 heavy (non-hydrogen) atoms. The summed E-state index contributed by atoms with van der Waals surface area (Å²) < 4.78 is 15.2. The molecule has 0 saturated carbocycles. The Hall–Kier alpha value is -3.30. The predicted molar refractivity (Wildman–Crippen MR) is 110 cm³/mol. The molecule has 0 saturated heterocycles. The van der Waals surface area contributed by atoms with Crippen LogP contribution in [0, 0.1) is 5.92 Å². The lowest BCUT2D eigenvalue weighted by Crippen LogP contribution is -2.47. The SMILES string of the molecule is COC(=O)C(Cc1ccc(OC(CO)COC(C)=O)cc1)NC(=O)C(N=[N+]=[N-])C(C)C. The van der Waals surface area contributed by atoms with Gasteiger partial charge in [0.15, 0.2) is 6.10 Å². The lowest BCUT2D eigenvalue weighted by Gasteiger charge is -2.21. The lowest BCUT2D eigenvalue weighted by molar-refractivity contribution is -0.145. The number of esters is 2. The van der Waals surface area contributed by atoms with Crippen molar-refractivity contribution in [3.63, 3.8) is 0 Å². The van der Waals surface area contributed by atoms with Gasteiger partial charge in [-0.3, -0.25) is 9.59 Å². The molecule has 1 amide bonds. The predicted octanol–water partition coefficient (Wildman–Crippen LogP) is 1.52. The Labute approximate surface area is 180 Å². The minimum absolute atomic E-state index is 0.0910. The summed E-state index contributed by atoms with van der Waals surface area (Å²) in [7, 11) is 1.21. The van der Waals surface area contributed by atoms with Gasteiger partial charge in [-0.25, -0.2) is 4.79 Å². The minimum Gasteiger partial charge on any atom is -0.484 e. The molecule has 0 bridgehead atoms. The number of rotatable bonds is 12. The van der Waals surface area contributed by atoms with Crippen LogP contribution in [-0.4, -0.2) is 61.5 Å². The largest absolute Gasteiger partial charge is 0.484 e. The number of nitrogens with one attached hydrogen (secondary N) is 1. The molecule has 11 heteroatoms. The maximum atomic E-state index is 12.5. The molecule has 170 valence electrons. The average Bonchev–Trinajstić information content (AvgIpc) is 2.74. The second kappa shape index (κ2) is 13.1. The highest BCUT2D eigenvalue weighted by molar-refractivity contribution is 5.88. The van der Waals surface area contributed by atoms with E-state index in [9.17, 15) is 19.5 Å². The number of carbonyl (C=O) groups excluding carboxylic acids is 3. The van der Waals surface area contributed by atoms with Gasteiger partial charge >= 0.3 is 11.9 Å². The molecule has 0 fully saturated rings. The minimum atomic E-state index is -0.978. The standard InChI is InChI=1S/C20H28N4O7/c1-12(2)18(23-24-21)19(27)22-17(20(28)29-4)9-14-5-7-15(8-6-14)31-16(10-25)11-30-13(3)26/h5-8,12,16-18,25H,9-11H2,1-4H3,(H,22,27). The third-order valence-corrected chi connectivity index (χ3v) is 4.22. The molecule has 3 unspecified atom stereocenters. The van der Waals surface area contributed by atoms with E-state index in [1.807, 2.05) is 0 Å². The molecule has 1 rings (SSSR count). The van der Waals surface area contributed by atoms with Crippen LogP contribution in [0.4, 0.5) is 0 Å². The van der Waals surface area contributed by atoms with Crippen LogP contribution in [0.3, 0.4) is 0 Å². The second-order valence-electron chi connectivity index (χ2n) is 7.05. The zero-order chi connectivity index (χ0) is 23.4. The normalized spacial score (nSPS) is 13.4. The molecular weight excluding hydrogens is 408 g/mol. The number of nitrogens with zero attached hydrogens (tertiary/aromatic N) is 3. The summed E-state index contributed by atoms with van der Waals surface area (Å²) in [5, 5.41) is 15.4. The van der Waals surface area contributed by atoms with Crippen molar-refractivity contribution in [1.82, 2.24) is 5.32 Å². The van der Waals surface area contributed by atoms with Gasteiger partial charge in [-0.2, -0.15) is 0 Å². The fraction of sp³-hybridized carbons (Fsp3) is 0.550. The number of hydrogen-bond acceptors (Lipinski definition) is 8. The van der Waals surface area contributed by atoms with Gasteiger partial charge in [0.05, 0.1) is 13.7 Å². The molecule has 1 aromatic carbocycles. The number of aliphatic hydroxyl groups is 1. The summed E-state index contributed by atoms with van der Waals surface area (Å²) in [6.07, 6.45) is -0.582. The summed E-state index contributed by atoms with van der Waals surface area (Å²) in [6.45, 7) is 4.29. The quantitative estimate of drug-likeness (QED) is 0.217. The van der Waals surface area contributed by atoms with Crippen LogP contribution in [0.1, 0.15) is 26.3 Å². The van der Waals surface area contributed by atoms with Crippen molar-refractivity contribution in [3.8, 4) is 5.75 Å². The Kier molecular flexibility index (Phi) is 10.9. The number of benzene rings is 1. The van der Waals surface area contributed by atoms with Crippen molar-refractivity contribution in [3.05, 3.63) is 40.3 Å². The number of ether oxygens (including phenoxy) is 3. The van der Waals surface area contributed by atoms with Crippen molar-refractivity contribution >= 4 is 17.8 Å². The highest BCUT2D eigenvalue weighted by Crippen LogP contribution is 2.16. The Balaban J connectivity index is 2.85. The lowest BCUT2D eigenvalue weighted by atomic mass is 10.0. The number of aliphatic hydroxyl groups excluding tert-OH is 1. The van der Waals surface area contributed by atoms with Crippen molar-refractivity contribution in [2.24, 2.45) is 11.0 Å². The van der Waals surface area contributed by atoms with Gasteiger partial charge < -0.3 is 24.6 Å². The number of azide groups is 1. The van der Waals surface area contributed by atoms with Gasteiger partial charge in [0, 0.05) is 18.3 Å². The summed E-state index contributed by atoms with van der Waals surface area (Å²) >= 11 is 0. The van der Waals surface area contributed by atoms with Crippen molar-refractivity contribution in [1.29, 1.82) is 0 Å². The van der Waals surface area contributed by atoms with Crippen LogP contribution in [0.25, 0.3) is 10.4 Å². The average molecular weight is 436 g/mol. The molecule has 0 aromatic heterocycles. The fourth-order valence-electron chi connectivity index (χ4n) is 2.60. The summed E-state index contributed by atoms with van der Waals surface area (Å²) in [5.74, 6) is -1.51. The zero-order valence-corrected chi connectivity index (χ0v) is 18.0. The zero-order valence-electron chi connectivity index (χ0n) is 18.0. The Morgan fingerprint density at radius 1 is 1.23 bits per heavy atom. The topological polar surface area (TPSA) is 160 Å². The maximum absolute atomic E-state index is 12.5. The number of amides is 1. The molecule has 0 aliphatic carbocycles. The second-order valence-corrected chi connectivity index (χ2v) is 7.05. The van der Waals surface area contributed by atoms with E-state index in [0.717, 1.165) is 0 Å². The first kappa shape index (κ1) is 25.7. The fourth-order valence-corrected chi connectivity index (χ4v) is 2.60. The molecule has 1 aromatic rings. The van der Waals surface area contributed by atoms with Gasteiger partial charge in [-0.15, -0.1) is 0 Å². The van der Waals surface area contributed by atoms with E-state index in [4.69, 9.17) is 19.7 Å². The third-order valence-electron chi connectivity index (χ3n) is 4.22. The molecule has 0 radical (unpaired) electrons. The van der Waals surface area contributed by atoms with Crippen LogP contribution in [-0.2, 0) is 30.3 Å². The third kappa shape index (κ3) is 8.93. The molecule has 0 aliphatic heterocycles. The molecule has 11 nitrogen and oxygen atoms in total. The van der Waals surface area contributed by atoms with E-state index in [2.05, 4.69) is 15.3 Å². The first-order chi connectivity index (χ1) is 14.7. The van der Waals surface area contributed by atoms with Gasteiger partial charge in [0.2, 0.25) is 5.91 Å².